The highest BCUT2D eigenvalue weighted by Gasteiger charge is 2.23. The summed E-state index contributed by atoms with van der Waals surface area (Å²) in [7, 11) is 0. The summed E-state index contributed by atoms with van der Waals surface area (Å²) in [5.74, 6) is -0.199. The van der Waals surface area contributed by atoms with Gasteiger partial charge in [-0.25, -0.2) is 9.98 Å². The Balaban J connectivity index is 1.16. The fourth-order valence-corrected chi connectivity index (χ4v) is 6.06. The van der Waals surface area contributed by atoms with Crippen molar-refractivity contribution >= 4 is 45.7 Å². The van der Waals surface area contributed by atoms with Crippen LogP contribution in [0, 0.1) is 0 Å². The third-order valence-electron chi connectivity index (χ3n) is 8.60. The molecule has 0 fully saturated rings. The zero-order chi connectivity index (χ0) is 33.9. The van der Waals surface area contributed by atoms with Crippen LogP contribution in [0.25, 0.3) is 11.1 Å². The standard InChI is InChI=1S/C44H30N4O2/c49-41(29-13-5-1-6-14-29)27-39-43(31-17-9-3-10-18-31)47-37-25-33(21-23-35(37)45-39)34-22-24-36-38(26-34)48-44(32-19-11-4-12-20-32)40(46-36)28-42(50)30-15-7-2-8-16-30/h1-28,45-46H. The minimum atomic E-state index is -0.0997. The molecule has 0 amide bonds. The number of anilines is 2. The molecule has 0 radical (unpaired) electrons. The maximum absolute atomic E-state index is 13.2. The van der Waals surface area contributed by atoms with E-state index in [1.165, 1.54) is 0 Å². The largest absolute Gasteiger partial charge is 0.352 e. The summed E-state index contributed by atoms with van der Waals surface area (Å²) in [4.78, 5) is 36.6. The van der Waals surface area contributed by atoms with Crippen molar-refractivity contribution < 1.29 is 9.59 Å². The van der Waals surface area contributed by atoms with Crippen LogP contribution in [0.5, 0.6) is 0 Å². The van der Waals surface area contributed by atoms with Gasteiger partial charge in [-0.1, -0.05) is 133 Å². The Labute approximate surface area is 289 Å². The molecule has 0 aliphatic carbocycles. The molecule has 6 nitrogen and oxygen atoms in total. The lowest BCUT2D eigenvalue weighted by atomic mass is 9.98. The van der Waals surface area contributed by atoms with E-state index in [4.69, 9.17) is 9.98 Å². The number of ketones is 2. The van der Waals surface area contributed by atoms with Crippen molar-refractivity contribution in [3.8, 4) is 11.1 Å². The lowest BCUT2D eigenvalue weighted by Crippen LogP contribution is -2.18. The van der Waals surface area contributed by atoms with Gasteiger partial charge in [-0.15, -0.1) is 0 Å². The Morgan fingerprint density at radius 3 is 1.16 bits per heavy atom. The molecule has 238 valence electrons. The van der Waals surface area contributed by atoms with E-state index in [1.807, 2.05) is 158 Å². The molecular formula is C44H30N4O2. The van der Waals surface area contributed by atoms with Gasteiger partial charge >= 0.3 is 0 Å². The molecule has 2 aliphatic heterocycles. The van der Waals surface area contributed by atoms with Gasteiger partial charge in [-0.05, 0) is 35.4 Å². The number of allylic oxidation sites excluding steroid dienone is 4. The number of carbonyl (C=O) groups is 2. The van der Waals surface area contributed by atoms with Gasteiger partial charge in [0.1, 0.15) is 0 Å². The van der Waals surface area contributed by atoms with Crippen LogP contribution in [-0.4, -0.2) is 23.0 Å². The number of nitrogens with zero attached hydrogens (tertiary/aromatic N) is 2. The average Bonchev–Trinajstić information content (AvgIpc) is 3.18. The predicted octanol–water partition coefficient (Wildman–Crippen LogP) is 9.98. The van der Waals surface area contributed by atoms with Crippen LogP contribution in [0.2, 0.25) is 0 Å². The van der Waals surface area contributed by atoms with Crippen molar-refractivity contribution in [1.29, 1.82) is 0 Å². The van der Waals surface area contributed by atoms with Crippen LogP contribution < -0.4 is 10.6 Å². The highest BCUT2D eigenvalue weighted by Crippen LogP contribution is 2.40. The van der Waals surface area contributed by atoms with Crippen molar-refractivity contribution in [3.63, 3.8) is 0 Å². The smallest absolute Gasteiger partial charge is 0.187 e. The second-order valence-corrected chi connectivity index (χ2v) is 11.9. The lowest BCUT2D eigenvalue weighted by molar-refractivity contribution is 0.103. The van der Waals surface area contributed by atoms with Gasteiger partial charge in [0.15, 0.2) is 11.6 Å². The average molecular weight is 647 g/mol. The molecule has 0 unspecified atom stereocenters. The molecule has 6 heteroatoms. The van der Waals surface area contributed by atoms with Crippen LogP contribution in [0.4, 0.5) is 22.7 Å². The van der Waals surface area contributed by atoms with E-state index < -0.39 is 0 Å². The van der Waals surface area contributed by atoms with E-state index in [9.17, 15) is 9.59 Å². The van der Waals surface area contributed by atoms with E-state index >= 15 is 0 Å². The quantitative estimate of drug-likeness (QED) is 0.134. The van der Waals surface area contributed by atoms with Crippen molar-refractivity contribution in [2.75, 3.05) is 10.6 Å². The summed E-state index contributed by atoms with van der Waals surface area (Å²) in [5, 5.41) is 6.95. The first kappa shape index (κ1) is 30.4. The highest BCUT2D eigenvalue weighted by atomic mass is 16.1. The number of fused-ring (bicyclic) bond motifs is 2. The molecule has 50 heavy (non-hydrogen) atoms. The molecule has 6 aromatic rings. The molecule has 0 atom stereocenters. The number of rotatable bonds is 7. The van der Waals surface area contributed by atoms with Gasteiger partial charge in [0, 0.05) is 34.4 Å². The summed E-state index contributed by atoms with van der Waals surface area (Å²) < 4.78 is 0. The molecule has 2 N–H and O–H groups in total. The summed E-state index contributed by atoms with van der Waals surface area (Å²) >= 11 is 0. The Bertz CT molecular complexity index is 2210. The third kappa shape index (κ3) is 6.21. The van der Waals surface area contributed by atoms with Gasteiger partial charge in [-0.3, -0.25) is 9.59 Å². The second-order valence-electron chi connectivity index (χ2n) is 11.9. The molecule has 6 aromatic carbocycles. The third-order valence-corrected chi connectivity index (χ3v) is 8.60. The van der Waals surface area contributed by atoms with Gasteiger partial charge in [0.2, 0.25) is 0 Å². The number of carbonyl (C=O) groups excluding carboxylic acids is 2. The first-order chi connectivity index (χ1) is 24.6. The van der Waals surface area contributed by atoms with Crippen LogP contribution in [0.15, 0.2) is 191 Å². The van der Waals surface area contributed by atoms with Gasteiger partial charge in [0.05, 0.1) is 45.6 Å². The molecule has 2 heterocycles. The molecule has 2 aliphatic rings. The van der Waals surface area contributed by atoms with Crippen LogP contribution in [0.3, 0.4) is 0 Å². The van der Waals surface area contributed by atoms with Crippen molar-refractivity contribution in [2.45, 2.75) is 0 Å². The predicted molar refractivity (Wildman–Crippen MR) is 202 cm³/mol. The van der Waals surface area contributed by atoms with Crippen molar-refractivity contribution in [1.82, 2.24) is 0 Å². The molecule has 0 saturated heterocycles. The minimum absolute atomic E-state index is 0.0997. The topological polar surface area (TPSA) is 82.9 Å². The Morgan fingerprint density at radius 2 is 0.780 bits per heavy atom. The van der Waals surface area contributed by atoms with E-state index in [0.717, 1.165) is 45.0 Å². The normalized spacial score (nSPS) is 14.8. The SMILES string of the molecule is O=C(C=C1Nc2ccc(-c3ccc4c(c3)N=C(c3ccccc3)C(=CC(=O)c3ccccc3)N4)cc2N=C1c1ccccc1)c1ccccc1. The van der Waals surface area contributed by atoms with Crippen molar-refractivity contribution in [2.24, 2.45) is 9.98 Å². The molecular weight excluding hydrogens is 617 g/mol. The summed E-state index contributed by atoms with van der Waals surface area (Å²) in [6.07, 6.45) is 3.24. The van der Waals surface area contributed by atoms with Gasteiger partial charge in [-0.2, -0.15) is 0 Å². The van der Waals surface area contributed by atoms with E-state index in [1.54, 1.807) is 12.2 Å². The van der Waals surface area contributed by atoms with Gasteiger partial charge in [0.25, 0.3) is 0 Å². The lowest BCUT2D eigenvalue weighted by Gasteiger charge is -2.23. The first-order valence-electron chi connectivity index (χ1n) is 16.3. The first-order valence-corrected chi connectivity index (χ1v) is 16.3. The molecule has 0 spiro atoms. The zero-order valence-corrected chi connectivity index (χ0v) is 26.9. The molecule has 8 rings (SSSR count). The number of aliphatic imine (C=N–C) groups is 2. The molecule has 0 aromatic heterocycles. The van der Waals surface area contributed by atoms with E-state index in [0.29, 0.717) is 33.9 Å². The molecule has 0 bridgehead atoms. The van der Waals surface area contributed by atoms with Gasteiger partial charge < -0.3 is 10.6 Å². The van der Waals surface area contributed by atoms with Crippen molar-refractivity contribution in [3.05, 3.63) is 204 Å². The van der Waals surface area contributed by atoms with Crippen LogP contribution >= 0.6 is 0 Å². The molecule has 0 saturated carbocycles. The monoisotopic (exact) mass is 646 g/mol. The van der Waals surface area contributed by atoms with E-state index in [2.05, 4.69) is 10.6 Å². The maximum Gasteiger partial charge on any atom is 0.187 e. The summed E-state index contributed by atoms with van der Waals surface area (Å²) in [6, 6.07) is 50.3. The van der Waals surface area contributed by atoms with Crippen LogP contribution in [-0.2, 0) is 0 Å². The number of hydrogen-bond donors (Lipinski definition) is 2. The fraction of sp³-hybridized carbons (Fsp3) is 0. The second kappa shape index (κ2) is 13.3. The number of nitrogens with one attached hydrogen (secondary N) is 2. The summed E-state index contributed by atoms with van der Waals surface area (Å²) in [5.41, 5.74) is 10.8. The Morgan fingerprint density at radius 1 is 0.420 bits per heavy atom. The highest BCUT2D eigenvalue weighted by molar-refractivity contribution is 6.22. The summed E-state index contributed by atoms with van der Waals surface area (Å²) in [6.45, 7) is 0. The Kier molecular flexibility index (Phi) is 8.09. The zero-order valence-electron chi connectivity index (χ0n) is 26.9. The van der Waals surface area contributed by atoms with E-state index in [-0.39, 0.29) is 11.6 Å². The number of benzene rings is 6. The van der Waals surface area contributed by atoms with Crippen LogP contribution in [0.1, 0.15) is 31.8 Å². The fourth-order valence-electron chi connectivity index (χ4n) is 6.06. The maximum atomic E-state index is 13.2. The number of hydrogen-bond acceptors (Lipinski definition) is 6. The Hall–Kier alpha value is -6.92. The minimum Gasteiger partial charge on any atom is -0.352 e.